The first-order valence-corrected chi connectivity index (χ1v) is 8.53. The Balaban J connectivity index is 2.30. The minimum atomic E-state index is -0.216. The van der Waals surface area contributed by atoms with Crippen molar-refractivity contribution in [3.8, 4) is 0 Å². The molecule has 24 heavy (non-hydrogen) atoms. The Morgan fingerprint density at radius 1 is 1.33 bits per heavy atom. The lowest BCUT2D eigenvalue weighted by Gasteiger charge is -2.26. The molecular weight excluding hydrogens is 326 g/mol. The molecule has 2 rings (SSSR count). The Hall–Kier alpha value is -1.88. The lowest BCUT2D eigenvalue weighted by atomic mass is 9.91. The highest BCUT2D eigenvalue weighted by molar-refractivity contribution is 6.31. The second kappa shape index (κ2) is 7.34. The molecule has 0 saturated carbocycles. The summed E-state index contributed by atoms with van der Waals surface area (Å²) in [6.07, 6.45) is 1.30. The number of halogens is 1. The van der Waals surface area contributed by atoms with Crippen LogP contribution in [0.4, 0.5) is 0 Å². The summed E-state index contributed by atoms with van der Waals surface area (Å²) in [5, 5.41) is 1.02. The maximum Gasteiger partial charge on any atom is 0.258 e. The summed E-state index contributed by atoms with van der Waals surface area (Å²) in [4.78, 5) is 33.7. The second-order valence-electron chi connectivity index (χ2n) is 7.23. The number of amides is 1. The molecule has 1 aromatic carbocycles. The highest BCUT2D eigenvalue weighted by Gasteiger charge is 2.21. The van der Waals surface area contributed by atoms with Gasteiger partial charge in [-0.2, -0.15) is 0 Å². The molecule has 0 bridgehead atoms. The molecule has 130 valence electrons. The van der Waals surface area contributed by atoms with E-state index in [1.807, 2.05) is 27.7 Å². The SMILES string of the molecule is CCCN(Cc1nc2cc(Cl)ccc2c(=O)[nH]1)C(=O)CC(C)(C)C. The van der Waals surface area contributed by atoms with E-state index in [4.69, 9.17) is 11.6 Å². The lowest BCUT2D eigenvalue weighted by molar-refractivity contribution is -0.133. The molecule has 0 atom stereocenters. The van der Waals surface area contributed by atoms with Gasteiger partial charge in [-0.05, 0) is 30.0 Å². The third-order valence-electron chi connectivity index (χ3n) is 3.59. The van der Waals surface area contributed by atoms with Gasteiger partial charge in [-0.3, -0.25) is 9.59 Å². The van der Waals surface area contributed by atoms with Crippen LogP contribution in [0.25, 0.3) is 10.9 Å². The fourth-order valence-corrected chi connectivity index (χ4v) is 2.71. The van der Waals surface area contributed by atoms with Crippen molar-refractivity contribution >= 4 is 28.4 Å². The Labute approximate surface area is 147 Å². The third kappa shape index (κ3) is 4.81. The maximum atomic E-state index is 12.5. The Morgan fingerprint density at radius 2 is 2.04 bits per heavy atom. The highest BCUT2D eigenvalue weighted by atomic mass is 35.5. The Morgan fingerprint density at radius 3 is 2.67 bits per heavy atom. The van der Waals surface area contributed by atoms with Gasteiger partial charge in [-0.25, -0.2) is 4.98 Å². The van der Waals surface area contributed by atoms with E-state index in [0.717, 1.165) is 6.42 Å². The van der Waals surface area contributed by atoms with Crippen molar-refractivity contribution in [3.05, 3.63) is 39.4 Å². The molecule has 0 radical (unpaired) electrons. The summed E-state index contributed by atoms with van der Waals surface area (Å²) in [7, 11) is 0. The van der Waals surface area contributed by atoms with Gasteiger partial charge in [0.2, 0.25) is 5.91 Å². The van der Waals surface area contributed by atoms with E-state index in [1.165, 1.54) is 0 Å². The van der Waals surface area contributed by atoms with E-state index < -0.39 is 0 Å². The van der Waals surface area contributed by atoms with Crippen LogP contribution in [-0.2, 0) is 11.3 Å². The first-order valence-electron chi connectivity index (χ1n) is 8.16. The predicted molar refractivity (Wildman–Crippen MR) is 97.2 cm³/mol. The molecule has 0 saturated heterocycles. The van der Waals surface area contributed by atoms with Crippen LogP contribution in [0.3, 0.4) is 0 Å². The number of carbonyl (C=O) groups excluding carboxylic acids is 1. The standard InChI is InChI=1S/C18H24ClN3O2/c1-5-8-22(16(23)10-18(2,3)4)11-15-20-14-9-12(19)6-7-13(14)17(24)21-15/h6-7,9H,5,8,10-11H2,1-4H3,(H,20,21,24). The number of rotatable bonds is 5. The molecule has 1 amide bonds. The van der Waals surface area contributed by atoms with Crippen LogP contribution in [0.1, 0.15) is 46.4 Å². The zero-order valence-electron chi connectivity index (χ0n) is 14.6. The topological polar surface area (TPSA) is 66.1 Å². The van der Waals surface area contributed by atoms with Gasteiger partial charge in [0, 0.05) is 18.0 Å². The van der Waals surface area contributed by atoms with Gasteiger partial charge in [-0.15, -0.1) is 0 Å². The number of benzene rings is 1. The molecule has 6 heteroatoms. The smallest absolute Gasteiger partial charge is 0.258 e. The van der Waals surface area contributed by atoms with Crippen molar-refractivity contribution < 1.29 is 4.79 Å². The number of fused-ring (bicyclic) bond motifs is 1. The molecule has 2 aromatic rings. The number of aromatic amines is 1. The summed E-state index contributed by atoms with van der Waals surface area (Å²) in [5.41, 5.74) is 0.244. The van der Waals surface area contributed by atoms with Crippen molar-refractivity contribution in [1.82, 2.24) is 14.9 Å². The van der Waals surface area contributed by atoms with E-state index in [0.29, 0.717) is 41.3 Å². The quantitative estimate of drug-likeness (QED) is 0.893. The van der Waals surface area contributed by atoms with Crippen LogP contribution in [0.15, 0.2) is 23.0 Å². The van der Waals surface area contributed by atoms with Crippen LogP contribution >= 0.6 is 11.6 Å². The number of nitrogens with zero attached hydrogens (tertiary/aromatic N) is 2. The van der Waals surface area contributed by atoms with Crippen LogP contribution in [-0.4, -0.2) is 27.3 Å². The first-order chi connectivity index (χ1) is 11.2. The minimum absolute atomic E-state index is 0.0678. The number of hydrogen-bond donors (Lipinski definition) is 1. The van der Waals surface area contributed by atoms with Crippen molar-refractivity contribution in [2.45, 2.75) is 47.1 Å². The molecule has 0 spiro atoms. The fourth-order valence-electron chi connectivity index (χ4n) is 2.54. The van der Waals surface area contributed by atoms with Crippen LogP contribution in [0.5, 0.6) is 0 Å². The zero-order chi connectivity index (χ0) is 17.9. The molecular formula is C18H24ClN3O2. The first kappa shape index (κ1) is 18.5. The third-order valence-corrected chi connectivity index (χ3v) is 3.82. The van der Waals surface area contributed by atoms with E-state index >= 15 is 0 Å². The van der Waals surface area contributed by atoms with Gasteiger partial charge in [0.05, 0.1) is 17.4 Å². The number of aromatic nitrogens is 2. The summed E-state index contributed by atoms with van der Waals surface area (Å²) >= 11 is 5.99. The lowest BCUT2D eigenvalue weighted by Crippen LogP contribution is -2.35. The Kier molecular flexibility index (Phi) is 5.65. The van der Waals surface area contributed by atoms with Crippen LogP contribution in [0.2, 0.25) is 5.02 Å². The van der Waals surface area contributed by atoms with Gasteiger partial charge in [0.25, 0.3) is 5.56 Å². The predicted octanol–water partition coefficient (Wildman–Crippen LogP) is 3.75. The van der Waals surface area contributed by atoms with Crippen molar-refractivity contribution in [2.75, 3.05) is 6.54 Å². The van der Waals surface area contributed by atoms with E-state index in [-0.39, 0.29) is 16.9 Å². The fraction of sp³-hybridized carbons (Fsp3) is 0.500. The van der Waals surface area contributed by atoms with Crippen molar-refractivity contribution in [1.29, 1.82) is 0 Å². The zero-order valence-corrected chi connectivity index (χ0v) is 15.4. The minimum Gasteiger partial charge on any atom is -0.335 e. The normalized spacial score (nSPS) is 11.7. The largest absolute Gasteiger partial charge is 0.335 e. The van der Waals surface area contributed by atoms with Gasteiger partial charge >= 0.3 is 0 Å². The number of carbonyl (C=O) groups is 1. The number of H-pyrrole nitrogens is 1. The second-order valence-corrected chi connectivity index (χ2v) is 7.66. The summed E-state index contributed by atoms with van der Waals surface area (Å²) in [5.74, 6) is 0.545. The summed E-state index contributed by atoms with van der Waals surface area (Å²) in [6.45, 7) is 9.05. The molecule has 0 aliphatic heterocycles. The monoisotopic (exact) mass is 349 g/mol. The van der Waals surface area contributed by atoms with Gasteiger partial charge in [0.15, 0.2) is 0 Å². The van der Waals surface area contributed by atoms with Crippen LogP contribution < -0.4 is 5.56 Å². The van der Waals surface area contributed by atoms with Gasteiger partial charge in [-0.1, -0.05) is 39.3 Å². The molecule has 1 aromatic heterocycles. The van der Waals surface area contributed by atoms with Crippen molar-refractivity contribution in [2.24, 2.45) is 5.41 Å². The summed E-state index contributed by atoms with van der Waals surface area (Å²) < 4.78 is 0. The molecule has 5 nitrogen and oxygen atoms in total. The number of nitrogens with one attached hydrogen (secondary N) is 1. The van der Waals surface area contributed by atoms with E-state index in [1.54, 1.807) is 23.1 Å². The highest BCUT2D eigenvalue weighted by Crippen LogP contribution is 2.21. The molecule has 0 aliphatic rings. The van der Waals surface area contributed by atoms with E-state index in [9.17, 15) is 9.59 Å². The van der Waals surface area contributed by atoms with Gasteiger partial charge < -0.3 is 9.88 Å². The molecule has 0 fully saturated rings. The number of hydrogen-bond acceptors (Lipinski definition) is 3. The average molecular weight is 350 g/mol. The molecule has 0 unspecified atom stereocenters. The Bertz CT molecular complexity index is 793. The molecule has 1 N–H and O–H groups in total. The van der Waals surface area contributed by atoms with Crippen LogP contribution in [0, 0.1) is 5.41 Å². The summed E-state index contributed by atoms with van der Waals surface area (Å²) in [6, 6.07) is 4.98. The van der Waals surface area contributed by atoms with E-state index in [2.05, 4.69) is 9.97 Å². The maximum absolute atomic E-state index is 12.5. The average Bonchev–Trinajstić information content (AvgIpc) is 2.44. The molecule has 1 heterocycles. The molecule has 0 aliphatic carbocycles. The van der Waals surface area contributed by atoms with Gasteiger partial charge in [0.1, 0.15) is 5.82 Å². The van der Waals surface area contributed by atoms with Crippen molar-refractivity contribution in [3.63, 3.8) is 0 Å².